The molecule has 0 bridgehead atoms. The molecule has 0 saturated heterocycles. The number of imidazole rings is 1. The molecule has 16 heavy (non-hydrogen) atoms. The summed E-state index contributed by atoms with van der Waals surface area (Å²) in [5.41, 5.74) is 0.116. The molecule has 82 valence electrons. The summed E-state index contributed by atoms with van der Waals surface area (Å²) in [4.78, 5) is 14.9. The monoisotopic (exact) mass is 218 g/mol. The number of rotatable bonds is 3. The molecule has 0 unspecified atom stereocenters. The Kier molecular flexibility index (Phi) is 2.59. The van der Waals surface area contributed by atoms with Crippen molar-refractivity contribution in [2.45, 2.75) is 0 Å². The lowest BCUT2D eigenvalue weighted by Crippen LogP contribution is -2.01. The van der Waals surface area contributed by atoms with Crippen LogP contribution in [0.1, 0.15) is 10.4 Å². The summed E-state index contributed by atoms with van der Waals surface area (Å²) < 4.78 is 7.08. The number of carboxylic acid groups (broad SMARTS) is 1. The Hall–Kier alpha value is -2.30. The van der Waals surface area contributed by atoms with Crippen molar-refractivity contribution in [1.29, 1.82) is 0 Å². The van der Waals surface area contributed by atoms with Crippen LogP contribution in [-0.2, 0) is 7.05 Å². The van der Waals surface area contributed by atoms with Crippen LogP contribution in [0.3, 0.4) is 0 Å². The summed E-state index contributed by atoms with van der Waals surface area (Å²) >= 11 is 0. The number of ether oxygens (including phenoxy) is 1. The first kappa shape index (κ1) is 10.2. The molecule has 0 atom stereocenters. The van der Waals surface area contributed by atoms with Gasteiger partial charge in [-0.25, -0.2) is 9.78 Å². The Labute approximate surface area is 91.9 Å². The number of hydrogen-bond donors (Lipinski definition) is 1. The van der Waals surface area contributed by atoms with Gasteiger partial charge in [0.15, 0.2) is 0 Å². The predicted molar refractivity (Wildman–Crippen MR) is 56.7 cm³/mol. The Morgan fingerprint density at radius 3 is 2.81 bits per heavy atom. The van der Waals surface area contributed by atoms with Crippen LogP contribution in [0.25, 0.3) is 0 Å². The molecule has 0 radical (unpaired) electrons. The molecule has 5 nitrogen and oxygen atoms in total. The number of aromatic carboxylic acids is 1. The highest BCUT2D eigenvalue weighted by Gasteiger charge is 2.12. The summed E-state index contributed by atoms with van der Waals surface area (Å²) in [6.07, 6.45) is 3.30. The number of benzene rings is 1. The van der Waals surface area contributed by atoms with Gasteiger partial charge in [0.1, 0.15) is 11.3 Å². The molecule has 2 aromatic rings. The summed E-state index contributed by atoms with van der Waals surface area (Å²) in [6.45, 7) is 0. The fourth-order valence-corrected chi connectivity index (χ4v) is 1.28. The van der Waals surface area contributed by atoms with Gasteiger partial charge in [-0.1, -0.05) is 12.1 Å². The maximum Gasteiger partial charge on any atom is 0.339 e. The molecule has 1 aromatic carbocycles. The second kappa shape index (κ2) is 4.06. The van der Waals surface area contributed by atoms with Crippen molar-refractivity contribution in [1.82, 2.24) is 9.55 Å². The highest BCUT2D eigenvalue weighted by molar-refractivity contribution is 5.90. The van der Waals surface area contributed by atoms with Gasteiger partial charge in [-0.2, -0.15) is 0 Å². The number of aryl methyl sites for hydroxylation is 1. The average molecular weight is 218 g/mol. The zero-order chi connectivity index (χ0) is 11.5. The van der Waals surface area contributed by atoms with Crippen LogP contribution in [-0.4, -0.2) is 20.6 Å². The lowest BCUT2D eigenvalue weighted by Gasteiger charge is -2.07. The van der Waals surface area contributed by atoms with Crippen LogP contribution in [0.15, 0.2) is 36.7 Å². The number of aromatic nitrogens is 2. The Morgan fingerprint density at radius 2 is 2.19 bits per heavy atom. The first-order valence-electron chi connectivity index (χ1n) is 4.66. The molecule has 0 saturated carbocycles. The van der Waals surface area contributed by atoms with E-state index in [2.05, 4.69) is 4.98 Å². The van der Waals surface area contributed by atoms with Gasteiger partial charge in [0.25, 0.3) is 0 Å². The number of carbonyl (C=O) groups is 1. The Bertz CT molecular complexity index is 519. The van der Waals surface area contributed by atoms with E-state index < -0.39 is 5.97 Å². The molecular formula is C11H10N2O3. The number of nitrogens with zero attached hydrogens (tertiary/aromatic N) is 2. The topological polar surface area (TPSA) is 64.4 Å². The summed E-state index contributed by atoms with van der Waals surface area (Å²) in [6, 6.07) is 6.80. The first-order chi connectivity index (χ1) is 7.68. The second-order valence-electron chi connectivity index (χ2n) is 3.22. The van der Waals surface area contributed by atoms with Crippen molar-refractivity contribution >= 4 is 5.97 Å². The minimum absolute atomic E-state index is 0.116. The quantitative estimate of drug-likeness (QED) is 0.854. The van der Waals surface area contributed by atoms with E-state index in [0.29, 0.717) is 6.01 Å². The van der Waals surface area contributed by atoms with Gasteiger partial charge < -0.3 is 14.4 Å². The van der Waals surface area contributed by atoms with E-state index in [-0.39, 0.29) is 11.3 Å². The van der Waals surface area contributed by atoms with Gasteiger partial charge in [-0.05, 0) is 12.1 Å². The fourth-order valence-electron chi connectivity index (χ4n) is 1.28. The van der Waals surface area contributed by atoms with Crippen molar-refractivity contribution in [2.24, 2.45) is 7.05 Å². The molecule has 1 heterocycles. The summed E-state index contributed by atoms with van der Waals surface area (Å²) in [7, 11) is 1.77. The van der Waals surface area contributed by atoms with Crippen molar-refractivity contribution < 1.29 is 14.6 Å². The fraction of sp³-hybridized carbons (Fsp3) is 0.0909. The third-order valence-electron chi connectivity index (χ3n) is 2.10. The largest absolute Gasteiger partial charge is 0.478 e. The normalized spacial score (nSPS) is 10.1. The Balaban J connectivity index is 2.35. The first-order valence-corrected chi connectivity index (χ1v) is 4.66. The van der Waals surface area contributed by atoms with E-state index in [1.807, 2.05) is 0 Å². The van der Waals surface area contributed by atoms with Gasteiger partial charge in [0.2, 0.25) is 0 Å². The number of para-hydroxylation sites is 1. The van der Waals surface area contributed by atoms with E-state index in [9.17, 15) is 4.79 Å². The van der Waals surface area contributed by atoms with Gasteiger partial charge in [-0.3, -0.25) is 0 Å². The Morgan fingerprint density at radius 1 is 1.44 bits per heavy atom. The maximum atomic E-state index is 10.9. The molecule has 0 amide bonds. The third kappa shape index (κ3) is 1.88. The van der Waals surface area contributed by atoms with Crippen LogP contribution in [0.5, 0.6) is 11.8 Å². The average Bonchev–Trinajstić information content (AvgIpc) is 2.65. The molecular weight excluding hydrogens is 208 g/mol. The molecule has 5 heteroatoms. The van der Waals surface area contributed by atoms with Gasteiger partial charge in [0, 0.05) is 19.4 Å². The smallest absolute Gasteiger partial charge is 0.339 e. The van der Waals surface area contributed by atoms with Crippen LogP contribution in [0.2, 0.25) is 0 Å². The molecule has 0 fully saturated rings. The minimum Gasteiger partial charge on any atom is -0.478 e. The molecule has 2 rings (SSSR count). The van der Waals surface area contributed by atoms with E-state index >= 15 is 0 Å². The van der Waals surface area contributed by atoms with Crippen LogP contribution in [0.4, 0.5) is 0 Å². The maximum absolute atomic E-state index is 10.9. The molecule has 0 aliphatic heterocycles. The van der Waals surface area contributed by atoms with Crippen LogP contribution < -0.4 is 4.74 Å². The molecule has 1 aromatic heterocycles. The predicted octanol–water partition coefficient (Wildman–Crippen LogP) is 1.91. The van der Waals surface area contributed by atoms with Crippen molar-refractivity contribution in [3.8, 4) is 11.8 Å². The number of carboxylic acids is 1. The number of hydrogen-bond acceptors (Lipinski definition) is 3. The lowest BCUT2D eigenvalue weighted by atomic mass is 10.2. The standard InChI is InChI=1S/C11H10N2O3/c1-13-7-6-12-11(13)16-9-5-3-2-4-8(9)10(14)15/h2-7H,1H3,(H,14,15). The van der Waals surface area contributed by atoms with Gasteiger partial charge >= 0.3 is 12.0 Å². The molecule has 0 spiro atoms. The lowest BCUT2D eigenvalue weighted by molar-refractivity contribution is 0.0694. The second-order valence-corrected chi connectivity index (χ2v) is 3.22. The van der Waals surface area contributed by atoms with E-state index in [4.69, 9.17) is 9.84 Å². The van der Waals surface area contributed by atoms with E-state index in [1.54, 1.807) is 42.2 Å². The van der Waals surface area contributed by atoms with Crippen molar-refractivity contribution in [2.75, 3.05) is 0 Å². The SMILES string of the molecule is Cn1ccnc1Oc1ccccc1C(=O)O. The molecule has 0 aliphatic carbocycles. The van der Waals surface area contributed by atoms with E-state index in [1.165, 1.54) is 6.07 Å². The summed E-state index contributed by atoms with van der Waals surface area (Å²) in [5, 5.41) is 8.96. The zero-order valence-electron chi connectivity index (χ0n) is 8.62. The molecule has 1 N–H and O–H groups in total. The summed E-state index contributed by atoms with van der Waals surface area (Å²) in [5.74, 6) is -0.742. The van der Waals surface area contributed by atoms with E-state index in [0.717, 1.165) is 0 Å². The van der Waals surface area contributed by atoms with Gasteiger partial charge in [-0.15, -0.1) is 0 Å². The highest BCUT2D eigenvalue weighted by atomic mass is 16.5. The van der Waals surface area contributed by atoms with Crippen LogP contribution in [0, 0.1) is 0 Å². The third-order valence-corrected chi connectivity index (χ3v) is 2.10. The molecule has 0 aliphatic rings. The van der Waals surface area contributed by atoms with Crippen molar-refractivity contribution in [3.05, 3.63) is 42.2 Å². The zero-order valence-corrected chi connectivity index (χ0v) is 8.62. The van der Waals surface area contributed by atoms with Gasteiger partial charge in [0.05, 0.1) is 0 Å². The highest BCUT2D eigenvalue weighted by Crippen LogP contribution is 2.23. The van der Waals surface area contributed by atoms with Crippen molar-refractivity contribution in [3.63, 3.8) is 0 Å². The van der Waals surface area contributed by atoms with Crippen LogP contribution >= 0.6 is 0 Å². The minimum atomic E-state index is -1.02.